The van der Waals surface area contributed by atoms with Crippen molar-refractivity contribution < 1.29 is 0 Å². The zero-order valence-corrected chi connectivity index (χ0v) is 15.0. The smallest absolute Gasteiger partial charge is 0.0105 e. The summed E-state index contributed by atoms with van der Waals surface area (Å²) in [6.45, 7) is 2.20. The SMILES string of the molecule is CCc1cccc2ccccc12.c1ccc2c(c1)ccc1ccccc12. The van der Waals surface area contributed by atoms with Gasteiger partial charge in [-0.05, 0) is 44.3 Å². The maximum atomic E-state index is 2.20. The second-order valence-electron chi connectivity index (χ2n) is 6.50. The Balaban J connectivity index is 0.000000131. The van der Waals surface area contributed by atoms with Crippen LogP contribution in [0.25, 0.3) is 32.3 Å². The third-order valence-corrected chi connectivity index (χ3v) is 4.92. The average Bonchev–Trinajstić information content (AvgIpc) is 2.73. The second-order valence-corrected chi connectivity index (χ2v) is 6.50. The average molecular weight is 334 g/mol. The van der Waals surface area contributed by atoms with Gasteiger partial charge >= 0.3 is 0 Å². The molecule has 0 saturated heterocycles. The summed E-state index contributed by atoms with van der Waals surface area (Å²) in [6.07, 6.45) is 1.11. The van der Waals surface area contributed by atoms with E-state index in [9.17, 15) is 0 Å². The van der Waals surface area contributed by atoms with Gasteiger partial charge in [-0.2, -0.15) is 0 Å². The summed E-state index contributed by atoms with van der Waals surface area (Å²) < 4.78 is 0. The maximum Gasteiger partial charge on any atom is -0.0105 e. The second kappa shape index (κ2) is 7.41. The minimum atomic E-state index is 1.11. The van der Waals surface area contributed by atoms with Gasteiger partial charge in [-0.1, -0.05) is 110 Å². The van der Waals surface area contributed by atoms with Crippen molar-refractivity contribution in [2.75, 3.05) is 0 Å². The van der Waals surface area contributed by atoms with Crippen molar-refractivity contribution in [3.05, 3.63) is 109 Å². The molecule has 0 amide bonds. The third-order valence-electron chi connectivity index (χ3n) is 4.92. The highest BCUT2D eigenvalue weighted by Gasteiger charge is 1.97. The topological polar surface area (TPSA) is 0 Å². The van der Waals surface area contributed by atoms with Gasteiger partial charge in [0.05, 0.1) is 0 Å². The molecule has 0 unspecified atom stereocenters. The van der Waals surface area contributed by atoms with E-state index in [1.165, 1.54) is 37.9 Å². The molecule has 0 fully saturated rings. The Kier molecular flexibility index (Phi) is 4.66. The molecule has 0 heteroatoms. The molecule has 0 nitrogen and oxygen atoms in total. The Bertz CT molecular complexity index is 1110. The Morgan fingerprint density at radius 1 is 0.423 bits per heavy atom. The molecule has 0 bridgehead atoms. The van der Waals surface area contributed by atoms with Crippen LogP contribution in [-0.4, -0.2) is 0 Å². The molecular formula is C26H22. The Morgan fingerprint density at radius 2 is 0.846 bits per heavy atom. The molecule has 126 valence electrons. The van der Waals surface area contributed by atoms with E-state index in [1.54, 1.807) is 0 Å². The van der Waals surface area contributed by atoms with Crippen LogP contribution >= 0.6 is 0 Å². The third kappa shape index (κ3) is 3.19. The molecule has 0 aliphatic carbocycles. The van der Waals surface area contributed by atoms with E-state index in [4.69, 9.17) is 0 Å². The molecule has 5 aromatic rings. The summed E-state index contributed by atoms with van der Waals surface area (Å²) >= 11 is 0. The first-order chi connectivity index (χ1) is 12.9. The van der Waals surface area contributed by atoms with E-state index in [1.807, 2.05) is 0 Å². The Morgan fingerprint density at radius 3 is 1.38 bits per heavy atom. The van der Waals surface area contributed by atoms with E-state index >= 15 is 0 Å². The first kappa shape index (κ1) is 16.4. The molecule has 0 aromatic heterocycles. The maximum absolute atomic E-state index is 2.20. The van der Waals surface area contributed by atoms with Crippen molar-refractivity contribution in [1.82, 2.24) is 0 Å². The first-order valence-electron chi connectivity index (χ1n) is 9.20. The van der Waals surface area contributed by atoms with E-state index in [0.717, 1.165) is 6.42 Å². The van der Waals surface area contributed by atoms with Gasteiger partial charge in [0, 0.05) is 0 Å². The van der Waals surface area contributed by atoms with Gasteiger partial charge in [-0.15, -0.1) is 0 Å². The Labute approximate surface area is 154 Å². The van der Waals surface area contributed by atoms with E-state index in [0.29, 0.717) is 0 Å². The largest absolute Gasteiger partial charge is 0.0616 e. The van der Waals surface area contributed by atoms with Gasteiger partial charge in [0.2, 0.25) is 0 Å². The van der Waals surface area contributed by atoms with Gasteiger partial charge in [0.1, 0.15) is 0 Å². The highest BCUT2D eigenvalue weighted by Crippen LogP contribution is 2.24. The fourth-order valence-electron chi connectivity index (χ4n) is 3.56. The molecule has 0 heterocycles. The van der Waals surface area contributed by atoms with Crippen LogP contribution < -0.4 is 0 Å². The lowest BCUT2D eigenvalue weighted by Gasteiger charge is -2.02. The fraction of sp³-hybridized carbons (Fsp3) is 0.0769. The zero-order chi connectivity index (χ0) is 17.8. The quantitative estimate of drug-likeness (QED) is 0.280. The van der Waals surface area contributed by atoms with Crippen molar-refractivity contribution >= 4 is 32.3 Å². The molecule has 0 aliphatic heterocycles. The number of hydrogen-bond donors (Lipinski definition) is 0. The van der Waals surface area contributed by atoms with E-state index in [2.05, 4.69) is 110 Å². The van der Waals surface area contributed by atoms with E-state index in [-0.39, 0.29) is 0 Å². The molecule has 0 spiro atoms. The summed E-state index contributed by atoms with van der Waals surface area (Å²) in [6, 6.07) is 36.4. The Hall–Kier alpha value is -3.12. The van der Waals surface area contributed by atoms with Crippen LogP contribution in [0.2, 0.25) is 0 Å². The number of hydrogen-bond acceptors (Lipinski definition) is 0. The summed E-state index contributed by atoms with van der Waals surface area (Å²) in [5, 5.41) is 8.04. The minimum absolute atomic E-state index is 1.11. The number of benzene rings is 5. The van der Waals surface area contributed by atoms with Crippen molar-refractivity contribution in [2.45, 2.75) is 13.3 Å². The summed E-state index contributed by atoms with van der Waals surface area (Å²) in [5.41, 5.74) is 1.44. The molecule has 26 heavy (non-hydrogen) atoms. The first-order valence-corrected chi connectivity index (χ1v) is 9.20. The number of fused-ring (bicyclic) bond motifs is 4. The highest BCUT2D eigenvalue weighted by molar-refractivity contribution is 6.07. The summed E-state index contributed by atoms with van der Waals surface area (Å²) in [5.74, 6) is 0. The van der Waals surface area contributed by atoms with Gasteiger partial charge in [-0.3, -0.25) is 0 Å². The van der Waals surface area contributed by atoms with Crippen LogP contribution in [0.5, 0.6) is 0 Å². The molecular weight excluding hydrogens is 312 g/mol. The van der Waals surface area contributed by atoms with Crippen molar-refractivity contribution in [3.8, 4) is 0 Å². The van der Waals surface area contributed by atoms with Crippen molar-refractivity contribution in [3.63, 3.8) is 0 Å². The number of rotatable bonds is 1. The van der Waals surface area contributed by atoms with Gasteiger partial charge < -0.3 is 0 Å². The predicted octanol–water partition coefficient (Wildman–Crippen LogP) is 7.40. The molecule has 5 rings (SSSR count). The van der Waals surface area contributed by atoms with Crippen LogP contribution in [-0.2, 0) is 6.42 Å². The van der Waals surface area contributed by atoms with E-state index < -0.39 is 0 Å². The molecule has 0 N–H and O–H groups in total. The van der Waals surface area contributed by atoms with Crippen LogP contribution in [0.4, 0.5) is 0 Å². The molecule has 0 atom stereocenters. The zero-order valence-electron chi connectivity index (χ0n) is 15.0. The lowest BCUT2D eigenvalue weighted by Crippen LogP contribution is -1.81. The molecule has 0 saturated carbocycles. The monoisotopic (exact) mass is 334 g/mol. The van der Waals surface area contributed by atoms with Crippen molar-refractivity contribution in [1.29, 1.82) is 0 Å². The van der Waals surface area contributed by atoms with Crippen LogP contribution in [0.15, 0.2) is 103 Å². The molecule has 0 aliphatic rings. The summed E-state index contributed by atoms with van der Waals surface area (Å²) in [4.78, 5) is 0. The molecule has 0 radical (unpaired) electrons. The van der Waals surface area contributed by atoms with Crippen LogP contribution in [0.3, 0.4) is 0 Å². The number of aryl methyl sites for hydroxylation is 1. The summed E-state index contributed by atoms with van der Waals surface area (Å²) in [7, 11) is 0. The predicted molar refractivity (Wildman–Crippen MR) is 115 cm³/mol. The molecule has 5 aromatic carbocycles. The van der Waals surface area contributed by atoms with Crippen LogP contribution in [0, 0.1) is 0 Å². The van der Waals surface area contributed by atoms with Gasteiger partial charge in [0.15, 0.2) is 0 Å². The van der Waals surface area contributed by atoms with Crippen LogP contribution in [0.1, 0.15) is 12.5 Å². The standard InChI is InChI=1S/C14H10.C12H12/c1-3-7-13-11(5-1)9-10-12-6-2-4-8-14(12)13;1-2-10-7-5-8-11-6-3-4-9-12(10)11/h1-10H;3-9H,2H2,1H3. The van der Waals surface area contributed by atoms with Gasteiger partial charge in [0.25, 0.3) is 0 Å². The fourth-order valence-corrected chi connectivity index (χ4v) is 3.56. The minimum Gasteiger partial charge on any atom is -0.0616 e. The lowest BCUT2D eigenvalue weighted by molar-refractivity contribution is 1.16. The highest BCUT2D eigenvalue weighted by atomic mass is 14.0. The van der Waals surface area contributed by atoms with Crippen molar-refractivity contribution in [2.24, 2.45) is 0 Å². The van der Waals surface area contributed by atoms with Gasteiger partial charge in [-0.25, -0.2) is 0 Å². The normalized spacial score (nSPS) is 10.7. The lowest BCUT2D eigenvalue weighted by atomic mass is 10.0.